The number of alkyl halides is 2. The highest BCUT2D eigenvalue weighted by Crippen LogP contribution is 2.62. The Labute approximate surface area is 172 Å². The number of thioether (sulfide) groups is 1. The molecule has 146 valence electrons. The molecule has 2 aromatic rings. The zero-order valence-corrected chi connectivity index (χ0v) is 17.5. The normalized spacial score (nSPS) is 25.2. The van der Waals surface area contributed by atoms with Gasteiger partial charge in [-0.1, -0.05) is 42.7 Å². The van der Waals surface area contributed by atoms with Gasteiger partial charge in [-0.3, -0.25) is 0 Å². The summed E-state index contributed by atoms with van der Waals surface area (Å²) in [5.74, 6) is 2.96. The number of nitrogens with two attached hydrogens (primary N) is 1. The minimum absolute atomic E-state index is 0.269. The van der Waals surface area contributed by atoms with Crippen LogP contribution in [0.2, 0.25) is 0 Å². The maximum Gasteiger partial charge on any atom is 0.292 e. The molecule has 0 amide bonds. The van der Waals surface area contributed by atoms with Gasteiger partial charge >= 0.3 is 0 Å². The number of thiophene rings is 1. The number of halogens is 2. The van der Waals surface area contributed by atoms with Crippen molar-refractivity contribution >= 4 is 28.3 Å². The van der Waals surface area contributed by atoms with Crippen molar-refractivity contribution in [3.05, 3.63) is 46.2 Å². The average Bonchev–Trinajstić information content (AvgIpc) is 3.31. The van der Waals surface area contributed by atoms with Gasteiger partial charge in [0, 0.05) is 10.4 Å². The zero-order chi connectivity index (χ0) is 20.0. The van der Waals surface area contributed by atoms with E-state index in [2.05, 4.69) is 16.8 Å². The predicted octanol–water partition coefficient (Wildman–Crippen LogP) is 6.01. The second-order valence-electron chi connectivity index (χ2n) is 7.56. The van der Waals surface area contributed by atoms with Crippen molar-refractivity contribution in [3.63, 3.8) is 0 Å². The van der Waals surface area contributed by atoms with E-state index < -0.39 is 16.2 Å². The van der Waals surface area contributed by atoms with Gasteiger partial charge in [0.2, 0.25) is 0 Å². The predicted molar refractivity (Wildman–Crippen MR) is 115 cm³/mol. The van der Waals surface area contributed by atoms with Crippen molar-refractivity contribution < 1.29 is 8.78 Å². The van der Waals surface area contributed by atoms with E-state index in [0.717, 1.165) is 41.3 Å². The van der Waals surface area contributed by atoms with Crippen LogP contribution in [0.5, 0.6) is 0 Å². The van der Waals surface area contributed by atoms with E-state index in [9.17, 15) is 0 Å². The SMILES string of the molecule is CC#Cc1cccc(-c2csc(C3(C)N=C(N)SC4(CCCC4)C3(F)F)c2)c1. The quantitative estimate of drug-likeness (QED) is 0.609. The first-order chi connectivity index (χ1) is 13.3. The summed E-state index contributed by atoms with van der Waals surface area (Å²) in [7, 11) is 0. The molecule has 1 fully saturated rings. The van der Waals surface area contributed by atoms with Gasteiger partial charge < -0.3 is 5.73 Å². The number of hydrogen-bond acceptors (Lipinski definition) is 4. The highest BCUT2D eigenvalue weighted by atomic mass is 32.2. The topological polar surface area (TPSA) is 38.4 Å². The Morgan fingerprint density at radius 2 is 1.89 bits per heavy atom. The third-order valence-corrected chi connectivity index (χ3v) is 8.27. The van der Waals surface area contributed by atoms with Gasteiger partial charge in [-0.05, 0) is 61.4 Å². The minimum Gasteiger partial charge on any atom is -0.378 e. The number of rotatable bonds is 2. The van der Waals surface area contributed by atoms with Crippen molar-refractivity contribution in [1.82, 2.24) is 0 Å². The fourth-order valence-corrected chi connectivity index (χ4v) is 6.76. The zero-order valence-electron chi connectivity index (χ0n) is 15.9. The third-order valence-electron chi connectivity index (χ3n) is 5.77. The Morgan fingerprint density at radius 1 is 1.14 bits per heavy atom. The highest BCUT2D eigenvalue weighted by Gasteiger charge is 2.68. The van der Waals surface area contributed by atoms with Crippen LogP contribution >= 0.6 is 23.1 Å². The summed E-state index contributed by atoms with van der Waals surface area (Å²) in [6, 6.07) is 9.67. The van der Waals surface area contributed by atoms with E-state index in [0.29, 0.717) is 17.7 Å². The van der Waals surface area contributed by atoms with Crippen LogP contribution in [0.15, 0.2) is 40.7 Å². The van der Waals surface area contributed by atoms with Crippen LogP contribution in [-0.4, -0.2) is 15.8 Å². The lowest BCUT2D eigenvalue weighted by molar-refractivity contribution is -0.101. The van der Waals surface area contributed by atoms with Gasteiger partial charge in [-0.15, -0.1) is 17.3 Å². The van der Waals surface area contributed by atoms with Gasteiger partial charge in [0.15, 0.2) is 10.7 Å². The monoisotopic (exact) mass is 416 g/mol. The van der Waals surface area contributed by atoms with Crippen molar-refractivity contribution in [1.29, 1.82) is 0 Å². The summed E-state index contributed by atoms with van der Waals surface area (Å²) in [5, 5.41) is 2.19. The number of amidine groups is 1. The van der Waals surface area contributed by atoms with E-state index in [1.807, 2.05) is 35.7 Å². The van der Waals surface area contributed by atoms with Crippen LogP contribution in [-0.2, 0) is 5.54 Å². The van der Waals surface area contributed by atoms with E-state index in [1.54, 1.807) is 6.92 Å². The van der Waals surface area contributed by atoms with Crippen LogP contribution in [0.25, 0.3) is 11.1 Å². The maximum absolute atomic E-state index is 15.9. The van der Waals surface area contributed by atoms with Crippen LogP contribution in [0.1, 0.15) is 50.0 Å². The van der Waals surface area contributed by atoms with E-state index in [4.69, 9.17) is 5.73 Å². The molecule has 1 aromatic heterocycles. The number of hydrogen-bond donors (Lipinski definition) is 1. The molecule has 6 heteroatoms. The lowest BCUT2D eigenvalue weighted by Crippen LogP contribution is -2.59. The van der Waals surface area contributed by atoms with Crippen molar-refractivity contribution in [3.8, 4) is 23.0 Å². The largest absolute Gasteiger partial charge is 0.378 e. The molecule has 28 heavy (non-hydrogen) atoms. The molecule has 0 saturated heterocycles. The molecule has 0 radical (unpaired) electrons. The summed E-state index contributed by atoms with van der Waals surface area (Å²) >= 11 is 2.41. The molecule has 2 nitrogen and oxygen atoms in total. The molecular weight excluding hydrogens is 394 g/mol. The van der Waals surface area contributed by atoms with Crippen molar-refractivity contribution in [2.45, 2.75) is 55.7 Å². The molecule has 2 aliphatic rings. The van der Waals surface area contributed by atoms with Crippen molar-refractivity contribution in [2.75, 3.05) is 0 Å². The summed E-state index contributed by atoms with van der Waals surface area (Å²) in [5.41, 5.74) is 7.20. The Hall–Kier alpha value is -1.84. The fourth-order valence-electron chi connectivity index (χ4n) is 4.26. The molecule has 1 aromatic carbocycles. The third kappa shape index (κ3) is 2.87. The van der Waals surface area contributed by atoms with Crippen LogP contribution < -0.4 is 5.73 Å². The Bertz CT molecular complexity index is 993. The average molecular weight is 417 g/mol. The number of benzene rings is 1. The molecule has 4 rings (SSSR count). The van der Waals surface area contributed by atoms with Gasteiger partial charge in [0.1, 0.15) is 0 Å². The smallest absolute Gasteiger partial charge is 0.292 e. The molecule has 1 saturated carbocycles. The Morgan fingerprint density at radius 3 is 2.61 bits per heavy atom. The first-order valence-electron chi connectivity index (χ1n) is 9.36. The standard InChI is InChI=1S/C22H22F2N2S2/c1-3-7-15-8-6-9-16(12-15)17-13-18(27-14-17)20(2)22(23,24)21(10-4-5-11-21)28-19(25)26-20/h6,8-9,12-14H,4-5,10-11H2,1-2H3,(H2,25,26). The molecule has 2 heterocycles. The van der Waals surface area contributed by atoms with Crippen molar-refractivity contribution in [2.24, 2.45) is 10.7 Å². The van der Waals surface area contributed by atoms with Gasteiger partial charge in [0.25, 0.3) is 5.92 Å². The van der Waals surface area contributed by atoms with Crippen LogP contribution in [0, 0.1) is 11.8 Å². The summed E-state index contributed by atoms with van der Waals surface area (Å²) in [4.78, 5) is 4.86. The second-order valence-corrected chi connectivity index (χ2v) is 9.87. The molecule has 0 bridgehead atoms. The number of aliphatic imine (C=N–C) groups is 1. The van der Waals surface area contributed by atoms with E-state index >= 15 is 8.78 Å². The molecule has 1 atom stereocenters. The minimum atomic E-state index is -2.97. The van der Waals surface area contributed by atoms with Crippen LogP contribution in [0.4, 0.5) is 8.78 Å². The molecule has 1 aliphatic carbocycles. The van der Waals surface area contributed by atoms with Gasteiger partial charge in [-0.25, -0.2) is 13.8 Å². The summed E-state index contributed by atoms with van der Waals surface area (Å²) in [6.45, 7) is 3.33. The lowest BCUT2D eigenvalue weighted by Gasteiger charge is -2.48. The van der Waals surface area contributed by atoms with E-state index in [1.165, 1.54) is 18.3 Å². The molecule has 1 spiro atoms. The highest BCUT2D eigenvalue weighted by molar-refractivity contribution is 8.15. The first kappa shape index (κ1) is 19.5. The van der Waals surface area contributed by atoms with Gasteiger partial charge in [0.05, 0.1) is 4.75 Å². The molecular formula is C22H22F2N2S2. The van der Waals surface area contributed by atoms with Gasteiger partial charge in [-0.2, -0.15) is 0 Å². The molecule has 1 unspecified atom stereocenters. The molecule has 1 aliphatic heterocycles. The maximum atomic E-state index is 15.9. The fraction of sp³-hybridized carbons (Fsp3) is 0.409. The van der Waals surface area contributed by atoms with Crippen LogP contribution in [0.3, 0.4) is 0 Å². The lowest BCUT2D eigenvalue weighted by atomic mass is 9.81. The summed E-state index contributed by atoms with van der Waals surface area (Å²) < 4.78 is 30.6. The molecule has 2 N–H and O–H groups in total. The first-order valence-corrected chi connectivity index (χ1v) is 11.1. The number of nitrogens with zero attached hydrogens (tertiary/aromatic N) is 1. The summed E-state index contributed by atoms with van der Waals surface area (Å²) in [6.07, 6.45) is 2.58. The second kappa shape index (κ2) is 6.89. The van der Waals surface area contributed by atoms with E-state index in [-0.39, 0.29) is 5.17 Å². The Balaban J connectivity index is 1.77. The Kier molecular flexibility index (Phi) is 4.79.